The summed E-state index contributed by atoms with van der Waals surface area (Å²) < 4.78 is 54.1. The third-order valence-corrected chi connectivity index (χ3v) is 7.29. The molecule has 34 heavy (non-hydrogen) atoms. The molecule has 0 aliphatic carbocycles. The molecule has 1 N–H and O–H groups in total. The minimum absolute atomic E-state index is 0.0637. The summed E-state index contributed by atoms with van der Waals surface area (Å²) in [6.45, 7) is 8.67. The van der Waals surface area contributed by atoms with Crippen molar-refractivity contribution in [3.05, 3.63) is 47.0 Å². The summed E-state index contributed by atoms with van der Waals surface area (Å²) in [6.07, 6.45) is -0.370. The van der Waals surface area contributed by atoms with Gasteiger partial charge < -0.3 is 19.5 Å². The lowest BCUT2D eigenvalue weighted by molar-refractivity contribution is 0.0257. The number of aliphatic hydroxyl groups is 1. The number of aromatic nitrogens is 2. The fourth-order valence-electron chi connectivity index (χ4n) is 3.66. The van der Waals surface area contributed by atoms with Gasteiger partial charge in [-0.2, -0.15) is 5.10 Å². The lowest BCUT2D eigenvalue weighted by atomic mass is 10.0. The van der Waals surface area contributed by atoms with Gasteiger partial charge in [-0.3, -0.25) is 0 Å². The Hall–Kier alpha value is -2.37. The molecular formula is C23H32F3N3O4Si. The van der Waals surface area contributed by atoms with Crippen molar-refractivity contribution >= 4 is 19.7 Å². The van der Waals surface area contributed by atoms with Crippen LogP contribution in [0, 0.1) is 5.82 Å². The fourth-order valence-corrected chi connectivity index (χ4v) is 4.41. The Bertz CT molecular complexity index is 1010. The standard InChI is InChI=1S/C23H32F3N3O4Si/c1-5-33-22(31)20-18(13-29(27-20)15-32-10-11-34(2,3)4)21(30)17-7-6-16(12-19(17)24)28-9-8-23(25,26)14-28/h6-7,12-13,21,30H,5,8-11,14-15H2,1-4H3. The molecule has 0 spiro atoms. The van der Waals surface area contributed by atoms with Gasteiger partial charge >= 0.3 is 5.97 Å². The first-order valence-corrected chi connectivity index (χ1v) is 15.0. The zero-order chi connectivity index (χ0) is 25.1. The van der Waals surface area contributed by atoms with Crippen molar-refractivity contribution in [2.75, 3.05) is 31.2 Å². The molecule has 1 fully saturated rings. The molecule has 1 aliphatic rings. The molecule has 3 rings (SSSR count). The number of benzene rings is 1. The summed E-state index contributed by atoms with van der Waals surface area (Å²) in [4.78, 5) is 13.8. The molecule has 188 valence electrons. The van der Waals surface area contributed by atoms with E-state index in [1.165, 1.54) is 27.9 Å². The van der Waals surface area contributed by atoms with Crippen molar-refractivity contribution in [2.24, 2.45) is 0 Å². The third kappa shape index (κ3) is 6.61. The number of carbonyl (C=O) groups excluding carboxylic acids is 1. The minimum Gasteiger partial charge on any atom is -0.461 e. The van der Waals surface area contributed by atoms with Crippen LogP contribution < -0.4 is 4.90 Å². The van der Waals surface area contributed by atoms with E-state index in [0.29, 0.717) is 12.3 Å². The Balaban J connectivity index is 1.81. The number of rotatable bonds is 10. The SMILES string of the molecule is CCOC(=O)c1nn(COCC[Si](C)(C)C)cc1C(O)c1ccc(N2CCC(F)(F)C2)cc1F. The lowest BCUT2D eigenvalue weighted by Crippen LogP contribution is -2.25. The van der Waals surface area contributed by atoms with E-state index in [9.17, 15) is 23.1 Å². The largest absolute Gasteiger partial charge is 0.461 e. The number of alkyl halides is 2. The number of aliphatic hydroxyl groups excluding tert-OH is 1. The van der Waals surface area contributed by atoms with Crippen molar-refractivity contribution in [1.82, 2.24) is 9.78 Å². The highest BCUT2D eigenvalue weighted by Gasteiger charge is 2.38. The molecule has 11 heteroatoms. The van der Waals surface area contributed by atoms with E-state index < -0.39 is 38.4 Å². The Morgan fingerprint density at radius 1 is 1.29 bits per heavy atom. The van der Waals surface area contributed by atoms with Gasteiger partial charge in [0.05, 0.1) is 13.2 Å². The molecule has 1 aliphatic heterocycles. The summed E-state index contributed by atoms with van der Waals surface area (Å²) in [5.74, 6) is -4.32. The molecule has 0 radical (unpaired) electrons. The minimum atomic E-state index is -2.81. The first-order valence-electron chi connectivity index (χ1n) is 11.3. The van der Waals surface area contributed by atoms with E-state index in [0.717, 1.165) is 12.1 Å². The highest BCUT2D eigenvalue weighted by Crippen LogP contribution is 2.34. The monoisotopic (exact) mass is 499 g/mol. The van der Waals surface area contributed by atoms with E-state index in [2.05, 4.69) is 24.7 Å². The highest BCUT2D eigenvalue weighted by atomic mass is 28.3. The maximum atomic E-state index is 14.9. The normalized spacial score (nSPS) is 16.6. The smallest absolute Gasteiger partial charge is 0.359 e. The molecule has 7 nitrogen and oxygen atoms in total. The van der Waals surface area contributed by atoms with Crippen molar-refractivity contribution in [3.63, 3.8) is 0 Å². The van der Waals surface area contributed by atoms with Gasteiger partial charge in [0.15, 0.2) is 5.69 Å². The molecule has 1 unspecified atom stereocenters. The number of esters is 1. The van der Waals surface area contributed by atoms with Crippen LogP contribution in [-0.4, -0.2) is 61.2 Å². The van der Waals surface area contributed by atoms with E-state index in [-0.39, 0.29) is 43.1 Å². The van der Waals surface area contributed by atoms with Gasteiger partial charge in [-0.25, -0.2) is 22.6 Å². The number of hydrogen-bond donors (Lipinski definition) is 1. The van der Waals surface area contributed by atoms with Crippen LogP contribution in [-0.2, 0) is 16.2 Å². The summed E-state index contributed by atoms with van der Waals surface area (Å²) in [5, 5.41) is 15.1. The van der Waals surface area contributed by atoms with Gasteiger partial charge in [-0.1, -0.05) is 25.7 Å². The Morgan fingerprint density at radius 3 is 2.62 bits per heavy atom. The van der Waals surface area contributed by atoms with E-state index in [1.54, 1.807) is 6.92 Å². The summed E-state index contributed by atoms with van der Waals surface area (Å²) in [7, 11) is -1.28. The van der Waals surface area contributed by atoms with Crippen molar-refractivity contribution in [1.29, 1.82) is 0 Å². The lowest BCUT2D eigenvalue weighted by Gasteiger charge is -2.20. The van der Waals surface area contributed by atoms with Crippen LogP contribution in [0.5, 0.6) is 0 Å². The van der Waals surface area contributed by atoms with Crippen molar-refractivity contribution in [3.8, 4) is 0 Å². The Kier molecular flexibility index (Phi) is 8.09. The Labute approximate surface area is 198 Å². The maximum Gasteiger partial charge on any atom is 0.359 e. The Morgan fingerprint density at radius 2 is 2.03 bits per heavy atom. The molecule has 2 heterocycles. The highest BCUT2D eigenvalue weighted by molar-refractivity contribution is 6.76. The van der Waals surface area contributed by atoms with Crippen LogP contribution in [0.3, 0.4) is 0 Å². The quantitative estimate of drug-likeness (QED) is 0.296. The number of carbonyl (C=O) groups is 1. The fraction of sp³-hybridized carbons (Fsp3) is 0.565. The van der Waals surface area contributed by atoms with Crippen molar-refractivity contribution < 1.29 is 32.5 Å². The second-order valence-electron chi connectivity index (χ2n) is 9.68. The topological polar surface area (TPSA) is 76.8 Å². The van der Waals surface area contributed by atoms with Gasteiger partial charge in [0.1, 0.15) is 18.7 Å². The molecule has 0 saturated carbocycles. The predicted octanol–water partition coefficient (Wildman–Crippen LogP) is 4.44. The van der Waals surface area contributed by atoms with E-state index in [1.807, 2.05) is 0 Å². The van der Waals surface area contributed by atoms with E-state index >= 15 is 0 Å². The second kappa shape index (κ2) is 10.5. The van der Waals surface area contributed by atoms with Gasteiger partial charge in [-0.05, 0) is 25.1 Å². The molecule has 2 aromatic rings. The van der Waals surface area contributed by atoms with Crippen LogP contribution in [0.2, 0.25) is 25.7 Å². The second-order valence-corrected chi connectivity index (χ2v) is 15.3. The first-order chi connectivity index (χ1) is 15.9. The molecule has 1 aromatic carbocycles. The van der Waals surface area contributed by atoms with E-state index in [4.69, 9.17) is 9.47 Å². The van der Waals surface area contributed by atoms with Gasteiger partial charge in [-0.15, -0.1) is 0 Å². The maximum absolute atomic E-state index is 14.9. The molecular weight excluding hydrogens is 467 g/mol. The number of anilines is 1. The zero-order valence-electron chi connectivity index (χ0n) is 20.0. The summed E-state index contributed by atoms with van der Waals surface area (Å²) in [6, 6.07) is 4.89. The number of halogens is 3. The van der Waals surface area contributed by atoms with Gasteiger partial charge in [0.25, 0.3) is 5.92 Å². The van der Waals surface area contributed by atoms with Crippen molar-refractivity contribution in [2.45, 2.75) is 57.8 Å². The van der Waals surface area contributed by atoms with Gasteiger partial charge in [0.2, 0.25) is 0 Å². The number of nitrogens with zero attached hydrogens (tertiary/aromatic N) is 3. The van der Waals surface area contributed by atoms with Crippen LogP contribution in [0.1, 0.15) is 41.1 Å². The summed E-state index contributed by atoms with van der Waals surface area (Å²) >= 11 is 0. The average molecular weight is 500 g/mol. The zero-order valence-corrected chi connectivity index (χ0v) is 21.0. The van der Waals surface area contributed by atoms with Crippen LogP contribution >= 0.6 is 0 Å². The van der Waals surface area contributed by atoms with Crippen LogP contribution in [0.25, 0.3) is 0 Å². The predicted molar refractivity (Wildman–Crippen MR) is 125 cm³/mol. The molecule has 1 saturated heterocycles. The molecule has 0 amide bonds. The molecule has 1 aromatic heterocycles. The summed E-state index contributed by atoms with van der Waals surface area (Å²) in [5.41, 5.74) is 0.152. The molecule has 0 bridgehead atoms. The average Bonchev–Trinajstić information content (AvgIpc) is 3.33. The molecule has 1 atom stereocenters. The van der Waals surface area contributed by atoms with Gasteiger partial charge in [0, 0.05) is 50.7 Å². The number of ether oxygens (including phenoxy) is 2. The van der Waals surface area contributed by atoms with Crippen LogP contribution in [0.4, 0.5) is 18.9 Å². The third-order valence-electron chi connectivity index (χ3n) is 5.59. The van der Waals surface area contributed by atoms with Crippen LogP contribution in [0.15, 0.2) is 24.4 Å². The first kappa shape index (κ1) is 26.2. The number of hydrogen-bond acceptors (Lipinski definition) is 6.